The number of rotatable bonds is 5. The standard InChI is InChI=1S/C12H23N3O2/c1-8(2)14-9-5-6-15(10(9)16)7-12(3,4)11(13)17/h8-9,14H,5-7H2,1-4H3,(H2,13,17). The van der Waals surface area contributed by atoms with Crippen LogP contribution in [-0.2, 0) is 9.59 Å². The Kier molecular flexibility index (Phi) is 4.14. The van der Waals surface area contributed by atoms with Gasteiger partial charge in [0.15, 0.2) is 0 Å². The maximum absolute atomic E-state index is 12.1. The van der Waals surface area contributed by atoms with E-state index >= 15 is 0 Å². The first kappa shape index (κ1) is 14.0. The largest absolute Gasteiger partial charge is 0.369 e. The number of amides is 2. The van der Waals surface area contributed by atoms with Crippen molar-refractivity contribution < 1.29 is 9.59 Å². The van der Waals surface area contributed by atoms with Gasteiger partial charge < -0.3 is 16.0 Å². The van der Waals surface area contributed by atoms with E-state index in [1.807, 2.05) is 13.8 Å². The second-order valence-electron chi connectivity index (χ2n) is 5.67. The van der Waals surface area contributed by atoms with Crippen LogP contribution in [0.1, 0.15) is 34.1 Å². The summed E-state index contributed by atoms with van der Waals surface area (Å²) in [6, 6.07) is 0.173. The van der Waals surface area contributed by atoms with Gasteiger partial charge >= 0.3 is 0 Å². The molecule has 1 aliphatic heterocycles. The topological polar surface area (TPSA) is 75.4 Å². The van der Waals surface area contributed by atoms with Gasteiger partial charge in [-0.3, -0.25) is 9.59 Å². The number of nitrogens with zero attached hydrogens (tertiary/aromatic N) is 1. The molecule has 5 heteroatoms. The van der Waals surface area contributed by atoms with Crippen molar-refractivity contribution in [1.82, 2.24) is 10.2 Å². The highest BCUT2D eigenvalue weighted by atomic mass is 16.2. The maximum Gasteiger partial charge on any atom is 0.239 e. The molecular weight excluding hydrogens is 218 g/mol. The molecule has 1 rings (SSSR count). The van der Waals surface area contributed by atoms with Crippen molar-refractivity contribution in [2.24, 2.45) is 11.1 Å². The van der Waals surface area contributed by atoms with Crippen LogP contribution in [-0.4, -0.2) is 41.9 Å². The van der Waals surface area contributed by atoms with Gasteiger partial charge in [0.05, 0.1) is 11.5 Å². The Morgan fingerprint density at radius 2 is 2.18 bits per heavy atom. The van der Waals surface area contributed by atoms with Crippen LogP contribution in [0.5, 0.6) is 0 Å². The molecule has 1 unspecified atom stereocenters. The Balaban J connectivity index is 2.59. The highest BCUT2D eigenvalue weighted by Gasteiger charge is 2.36. The Morgan fingerprint density at radius 3 is 2.65 bits per heavy atom. The molecule has 0 aromatic rings. The lowest BCUT2D eigenvalue weighted by atomic mass is 9.92. The van der Waals surface area contributed by atoms with Gasteiger partial charge in [0, 0.05) is 19.1 Å². The van der Waals surface area contributed by atoms with E-state index < -0.39 is 5.41 Å². The Morgan fingerprint density at radius 1 is 1.59 bits per heavy atom. The third-order valence-corrected chi connectivity index (χ3v) is 3.09. The Hall–Kier alpha value is -1.10. The van der Waals surface area contributed by atoms with E-state index in [0.717, 1.165) is 6.42 Å². The second-order valence-corrected chi connectivity index (χ2v) is 5.67. The second kappa shape index (κ2) is 5.04. The number of likely N-dealkylation sites (tertiary alicyclic amines) is 1. The molecule has 0 spiro atoms. The van der Waals surface area contributed by atoms with Gasteiger partial charge in [0.1, 0.15) is 0 Å². The summed E-state index contributed by atoms with van der Waals surface area (Å²) in [5, 5.41) is 3.23. The van der Waals surface area contributed by atoms with Gasteiger partial charge in [-0.15, -0.1) is 0 Å². The molecular formula is C12H23N3O2. The molecule has 5 nitrogen and oxygen atoms in total. The van der Waals surface area contributed by atoms with Crippen molar-refractivity contribution >= 4 is 11.8 Å². The highest BCUT2D eigenvalue weighted by Crippen LogP contribution is 2.21. The first-order chi connectivity index (χ1) is 7.74. The molecule has 98 valence electrons. The van der Waals surface area contributed by atoms with E-state index in [-0.39, 0.29) is 23.9 Å². The molecule has 0 bridgehead atoms. The molecule has 0 aromatic carbocycles. The minimum atomic E-state index is -0.664. The molecule has 0 aliphatic carbocycles. The molecule has 2 amide bonds. The predicted molar refractivity (Wildman–Crippen MR) is 66.2 cm³/mol. The Labute approximate surface area is 103 Å². The quantitative estimate of drug-likeness (QED) is 0.716. The zero-order chi connectivity index (χ0) is 13.2. The lowest BCUT2D eigenvalue weighted by Crippen LogP contribution is -2.46. The molecule has 1 heterocycles. The van der Waals surface area contributed by atoms with Crippen LogP contribution in [0.15, 0.2) is 0 Å². The van der Waals surface area contributed by atoms with Gasteiger partial charge in [0.2, 0.25) is 11.8 Å². The summed E-state index contributed by atoms with van der Waals surface area (Å²) in [6.45, 7) is 8.67. The van der Waals surface area contributed by atoms with E-state index in [0.29, 0.717) is 13.1 Å². The fourth-order valence-electron chi connectivity index (χ4n) is 2.01. The molecule has 1 saturated heterocycles. The van der Waals surface area contributed by atoms with Crippen LogP contribution < -0.4 is 11.1 Å². The summed E-state index contributed by atoms with van der Waals surface area (Å²) >= 11 is 0. The maximum atomic E-state index is 12.1. The van der Waals surface area contributed by atoms with Gasteiger partial charge in [-0.05, 0) is 20.3 Å². The van der Waals surface area contributed by atoms with Gasteiger partial charge in [0.25, 0.3) is 0 Å². The first-order valence-corrected chi connectivity index (χ1v) is 6.09. The van der Waals surface area contributed by atoms with Crippen LogP contribution in [0.4, 0.5) is 0 Å². The van der Waals surface area contributed by atoms with E-state index in [1.165, 1.54) is 0 Å². The van der Waals surface area contributed by atoms with E-state index in [2.05, 4.69) is 5.32 Å². The van der Waals surface area contributed by atoms with Crippen LogP contribution in [0.25, 0.3) is 0 Å². The van der Waals surface area contributed by atoms with Crippen LogP contribution >= 0.6 is 0 Å². The zero-order valence-corrected chi connectivity index (χ0v) is 11.1. The molecule has 1 aliphatic rings. The molecule has 3 N–H and O–H groups in total. The van der Waals surface area contributed by atoms with Gasteiger partial charge in [-0.25, -0.2) is 0 Å². The van der Waals surface area contributed by atoms with Crippen molar-refractivity contribution in [1.29, 1.82) is 0 Å². The fourth-order valence-corrected chi connectivity index (χ4v) is 2.01. The number of hydrogen-bond donors (Lipinski definition) is 2. The van der Waals surface area contributed by atoms with Crippen molar-refractivity contribution in [2.45, 2.75) is 46.2 Å². The monoisotopic (exact) mass is 241 g/mol. The van der Waals surface area contributed by atoms with Crippen molar-refractivity contribution in [3.05, 3.63) is 0 Å². The predicted octanol–water partition coefficient (Wildman–Crippen LogP) is 0.0968. The fraction of sp³-hybridized carbons (Fsp3) is 0.833. The Bertz CT molecular complexity index is 313. The van der Waals surface area contributed by atoms with Crippen molar-refractivity contribution in [2.75, 3.05) is 13.1 Å². The van der Waals surface area contributed by atoms with Gasteiger partial charge in [-0.2, -0.15) is 0 Å². The number of carbonyl (C=O) groups is 2. The molecule has 0 saturated carbocycles. The van der Waals surface area contributed by atoms with E-state index in [9.17, 15) is 9.59 Å². The van der Waals surface area contributed by atoms with Crippen LogP contribution in [0.2, 0.25) is 0 Å². The molecule has 1 fully saturated rings. The third kappa shape index (κ3) is 3.43. The van der Waals surface area contributed by atoms with E-state index in [1.54, 1.807) is 18.7 Å². The van der Waals surface area contributed by atoms with Crippen LogP contribution in [0.3, 0.4) is 0 Å². The average molecular weight is 241 g/mol. The lowest BCUT2D eigenvalue weighted by molar-refractivity contribution is -0.133. The van der Waals surface area contributed by atoms with Crippen LogP contribution in [0, 0.1) is 5.41 Å². The molecule has 0 radical (unpaired) electrons. The summed E-state index contributed by atoms with van der Waals surface area (Å²) in [5.41, 5.74) is 4.65. The number of carbonyl (C=O) groups excluding carboxylic acids is 2. The minimum Gasteiger partial charge on any atom is -0.369 e. The van der Waals surface area contributed by atoms with Gasteiger partial charge in [-0.1, -0.05) is 13.8 Å². The SMILES string of the molecule is CC(C)NC1CCN(CC(C)(C)C(N)=O)C1=O. The van der Waals surface area contributed by atoms with E-state index in [4.69, 9.17) is 5.73 Å². The normalized spacial score (nSPS) is 21.4. The third-order valence-electron chi connectivity index (χ3n) is 3.09. The summed E-state index contributed by atoms with van der Waals surface area (Å²) in [4.78, 5) is 25.0. The molecule has 0 aromatic heterocycles. The van der Waals surface area contributed by atoms with Crippen molar-refractivity contribution in [3.8, 4) is 0 Å². The summed E-state index contributed by atoms with van der Waals surface area (Å²) < 4.78 is 0. The summed E-state index contributed by atoms with van der Waals surface area (Å²) in [6.07, 6.45) is 0.797. The minimum absolute atomic E-state index is 0.0769. The number of primary amides is 1. The first-order valence-electron chi connectivity index (χ1n) is 6.09. The molecule has 1 atom stereocenters. The highest BCUT2D eigenvalue weighted by molar-refractivity contribution is 5.86. The smallest absolute Gasteiger partial charge is 0.239 e. The number of nitrogens with one attached hydrogen (secondary N) is 1. The summed E-state index contributed by atoms with van der Waals surface area (Å²) in [5.74, 6) is -0.293. The number of hydrogen-bond acceptors (Lipinski definition) is 3. The summed E-state index contributed by atoms with van der Waals surface area (Å²) in [7, 11) is 0. The average Bonchev–Trinajstić information content (AvgIpc) is 2.48. The molecule has 17 heavy (non-hydrogen) atoms. The van der Waals surface area contributed by atoms with Crippen molar-refractivity contribution in [3.63, 3.8) is 0 Å². The number of nitrogens with two attached hydrogens (primary N) is 1. The zero-order valence-electron chi connectivity index (χ0n) is 11.1. The lowest BCUT2D eigenvalue weighted by Gasteiger charge is -2.27.